The van der Waals surface area contributed by atoms with E-state index in [2.05, 4.69) is 4.98 Å². The van der Waals surface area contributed by atoms with Crippen LogP contribution in [-0.2, 0) is 10.0 Å². The molecule has 1 aromatic carbocycles. The van der Waals surface area contributed by atoms with Crippen molar-refractivity contribution in [1.82, 2.24) is 9.29 Å². The lowest BCUT2D eigenvalue weighted by Gasteiger charge is -2.24. The SMILES string of the molecule is O=S(=O)(c1ccccn1)N(C[C@H](O)c1ccc(F)cc1)C1CC1. The van der Waals surface area contributed by atoms with Crippen molar-refractivity contribution in [2.45, 2.75) is 30.0 Å². The zero-order chi connectivity index (χ0) is 16.4. The Morgan fingerprint density at radius 3 is 2.48 bits per heavy atom. The van der Waals surface area contributed by atoms with E-state index in [4.69, 9.17) is 0 Å². The number of aromatic nitrogens is 1. The zero-order valence-corrected chi connectivity index (χ0v) is 13.2. The Hall–Kier alpha value is -1.83. The Morgan fingerprint density at radius 2 is 1.91 bits per heavy atom. The van der Waals surface area contributed by atoms with E-state index in [1.165, 1.54) is 40.8 Å². The number of rotatable bonds is 6. The molecule has 2 aromatic rings. The molecule has 1 atom stereocenters. The minimum atomic E-state index is -3.76. The number of pyridine rings is 1. The molecule has 0 saturated heterocycles. The van der Waals surface area contributed by atoms with Crippen LogP contribution < -0.4 is 0 Å². The third-order valence-electron chi connectivity index (χ3n) is 3.77. The average Bonchev–Trinajstić information content (AvgIpc) is 3.38. The van der Waals surface area contributed by atoms with E-state index in [1.54, 1.807) is 12.1 Å². The minimum absolute atomic E-state index is 0.0294. The molecule has 0 radical (unpaired) electrons. The monoisotopic (exact) mass is 336 g/mol. The van der Waals surface area contributed by atoms with E-state index in [0.717, 1.165) is 12.8 Å². The van der Waals surface area contributed by atoms with Crippen molar-refractivity contribution in [2.75, 3.05) is 6.54 Å². The summed E-state index contributed by atoms with van der Waals surface area (Å²) < 4.78 is 39.7. The lowest BCUT2D eigenvalue weighted by atomic mass is 10.1. The molecular formula is C16H17FN2O3S. The number of nitrogens with zero attached hydrogens (tertiary/aromatic N) is 2. The molecule has 3 rings (SSSR count). The van der Waals surface area contributed by atoms with Crippen LogP contribution in [0.3, 0.4) is 0 Å². The molecule has 0 bridgehead atoms. The van der Waals surface area contributed by atoms with Crippen molar-refractivity contribution in [3.05, 3.63) is 60.0 Å². The molecule has 0 unspecified atom stereocenters. The van der Waals surface area contributed by atoms with Gasteiger partial charge in [-0.25, -0.2) is 17.8 Å². The fourth-order valence-electron chi connectivity index (χ4n) is 2.39. The summed E-state index contributed by atoms with van der Waals surface area (Å²) in [7, 11) is -3.76. The van der Waals surface area contributed by atoms with Gasteiger partial charge in [0.2, 0.25) is 0 Å². The summed E-state index contributed by atoms with van der Waals surface area (Å²) in [4.78, 5) is 3.91. The maximum Gasteiger partial charge on any atom is 0.260 e. The molecule has 5 nitrogen and oxygen atoms in total. The molecule has 23 heavy (non-hydrogen) atoms. The van der Waals surface area contributed by atoms with Crippen LogP contribution in [-0.4, -0.2) is 35.4 Å². The van der Waals surface area contributed by atoms with Crippen LogP contribution in [0.2, 0.25) is 0 Å². The molecule has 1 saturated carbocycles. The second-order valence-electron chi connectivity index (χ2n) is 5.54. The highest BCUT2D eigenvalue weighted by Crippen LogP contribution is 2.33. The van der Waals surface area contributed by atoms with Gasteiger partial charge in [-0.15, -0.1) is 0 Å². The van der Waals surface area contributed by atoms with Crippen molar-refractivity contribution >= 4 is 10.0 Å². The Labute approximate surface area is 134 Å². The van der Waals surface area contributed by atoms with E-state index in [0.29, 0.717) is 5.56 Å². The number of aliphatic hydroxyl groups is 1. The maximum absolute atomic E-state index is 13.0. The van der Waals surface area contributed by atoms with E-state index < -0.39 is 21.9 Å². The molecule has 1 N–H and O–H groups in total. The predicted octanol–water partition coefficient (Wildman–Crippen LogP) is 2.11. The predicted molar refractivity (Wildman–Crippen MR) is 82.5 cm³/mol. The molecule has 122 valence electrons. The van der Waals surface area contributed by atoms with Gasteiger partial charge in [0.05, 0.1) is 6.10 Å². The van der Waals surface area contributed by atoms with E-state index in [1.807, 2.05) is 0 Å². The average molecular weight is 336 g/mol. The van der Waals surface area contributed by atoms with Crippen LogP contribution in [0.5, 0.6) is 0 Å². The number of hydrogen-bond acceptors (Lipinski definition) is 4. The van der Waals surface area contributed by atoms with Crippen LogP contribution in [0.4, 0.5) is 4.39 Å². The zero-order valence-electron chi connectivity index (χ0n) is 12.3. The molecule has 0 spiro atoms. The first-order chi connectivity index (χ1) is 11.0. The lowest BCUT2D eigenvalue weighted by molar-refractivity contribution is 0.145. The Morgan fingerprint density at radius 1 is 1.22 bits per heavy atom. The molecular weight excluding hydrogens is 319 g/mol. The summed E-state index contributed by atoms with van der Waals surface area (Å²) in [5.74, 6) is -0.402. The standard InChI is InChI=1S/C16H17FN2O3S/c17-13-6-4-12(5-7-13)15(20)11-19(14-8-9-14)23(21,22)16-3-1-2-10-18-16/h1-7,10,14-15,20H,8-9,11H2/t15-/m0/s1. The molecule has 0 amide bonds. The summed E-state index contributed by atoms with van der Waals surface area (Å²) in [5.41, 5.74) is 0.480. The van der Waals surface area contributed by atoms with Crippen LogP contribution in [0.15, 0.2) is 53.7 Å². The van der Waals surface area contributed by atoms with Gasteiger partial charge in [-0.3, -0.25) is 0 Å². The number of benzene rings is 1. The molecule has 1 aliphatic rings. The number of hydrogen-bond donors (Lipinski definition) is 1. The van der Waals surface area contributed by atoms with Crippen LogP contribution in [0, 0.1) is 5.82 Å². The lowest BCUT2D eigenvalue weighted by Crippen LogP contribution is -2.37. The first kappa shape index (κ1) is 16.0. The minimum Gasteiger partial charge on any atom is -0.387 e. The molecule has 1 fully saturated rings. The van der Waals surface area contributed by atoms with Crippen molar-refractivity contribution in [1.29, 1.82) is 0 Å². The van der Waals surface area contributed by atoms with Gasteiger partial charge in [0.15, 0.2) is 5.03 Å². The van der Waals surface area contributed by atoms with E-state index in [-0.39, 0.29) is 17.6 Å². The second kappa shape index (κ2) is 6.35. The highest BCUT2D eigenvalue weighted by atomic mass is 32.2. The quantitative estimate of drug-likeness (QED) is 0.877. The van der Waals surface area contributed by atoms with Crippen LogP contribution >= 0.6 is 0 Å². The third-order valence-corrected chi connectivity index (χ3v) is 5.61. The second-order valence-corrected chi connectivity index (χ2v) is 7.38. The van der Waals surface area contributed by atoms with Gasteiger partial charge in [-0.2, -0.15) is 4.31 Å². The number of halogens is 1. The molecule has 1 aliphatic carbocycles. The van der Waals surface area contributed by atoms with E-state index in [9.17, 15) is 17.9 Å². The summed E-state index contributed by atoms with van der Waals surface area (Å²) in [6.07, 6.45) is 1.94. The first-order valence-electron chi connectivity index (χ1n) is 7.35. The van der Waals surface area contributed by atoms with E-state index >= 15 is 0 Å². The maximum atomic E-state index is 13.0. The molecule has 1 heterocycles. The highest BCUT2D eigenvalue weighted by molar-refractivity contribution is 7.89. The number of sulfonamides is 1. The van der Waals surface area contributed by atoms with Gasteiger partial charge in [-0.1, -0.05) is 18.2 Å². The summed E-state index contributed by atoms with van der Waals surface area (Å²) in [5, 5.41) is 10.3. The fourth-order valence-corrected chi connectivity index (χ4v) is 4.01. The van der Waals surface area contributed by atoms with Gasteiger partial charge in [0.1, 0.15) is 5.82 Å². The Kier molecular flexibility index (Phi) is 4.43. The van der Waals surface area contributed by atoms with Crippen molar-refractivity contribution in [3.63, 3.8) is 0 Å². The van der Waals surface area contributed by atoms with Crippen molar-refractivity contribution < 1.29 is 17.9 Å². The number of aliphatic hydroxyl groups excluding tert-OH is 1. The first-order valence-corrected chi connectivity index (χ1v) is 8.79. The van der Waals surface area contributed by atoms with Crippen LogP contribution in [0.1, 0.15) is 24.5 Å². The molecule has 0 aliphatic heterocycles. The third kappa shape index (κ3) is 3.57. The van der Waals surface area contributed by atoms with Gasteiger partial charge < -0.3 is 5.11 Å². The normalized spacial score (nSPS) is 16.5. The van der Waals surface area contributed by atoms with Crippen molar-refractivity contribution in [2.24, 2.45) is 0 Å². The summed E-state index contributed by atoms with van der Waals surface area (Å²) in [6.45, 7) is -0.0742. The van der Waals surface area contributed by atoms with Gasteiger partial charge in [0, 0.05) is 18.8 Å². The smallest absolute Gasteiger partial charge is 0.260 e. The summed E-state index contributed by atoms with van der Waals surface area (Å²) in [6, 6.07) is 9.99. The van der Waals surface area contributed by atoms with Gasteiger partial charge >= 0.3 is 0 Å². The van der Waals surface area contributed by atoms with Gasteiger partial charge in [0.25, 0.3) is 10.0 Å². The molecule has 1 aromatic heterocycles. The topological polar surface area (TPSA) is 70.5 Å². The van der Waals surface area contributed by atoms with Crippen molar-refractivity contribution in [3.8, 4) is 0 Å². The largest absolute Gasteiger partial charge is 0.387 e. The highest BCUT2D eigenvalue weighted by Gasteiger charge is 2.39. The van der Waals surface area contributed by atoms with Crippen LogP contribution in [0.25, 0.3) is 0 Å². The Bertz CT molecular complexity index is 762. The fraction of sp³-hybridized carbons (Fsp3) is 0.312. The Balaban J connectivity index is 1.84. The van der Waals surface area contributed by atoms with Gasteiger partial charge in [-0.05, 0) is 42.7 Å². The summed E-state index contributed by atoms with van der Waals surface area (Å²) >= 11 is 0. The molecule has 7 heteroatoms.